The third-order valence-corrected chi connectivity index (χ3v) is 1.64. The summed E-state index contributed by atoms with van der Waals surface area (Å²) in [5, 5.41) is 8.28. The van der Waals surface area contributed by atoms with Crippen LogP contribution in [-0.4, -0.2) is 12.1 Å². The number of hydrogen-bond donors (Lipinski definition) is 0. The molecule has 0 aromatic heterocycles. The summed E-state index contributed by atoms with van der Waals surface area (Å²) in [4.78, 5) is 0. The standard InChI is InChI=1S/C8H18N2/c1-5-7(3)9-10-8(4)6-2/h7-8H,5-6H2,1-4H3. The summed E-state index contributed by atoms with van der Waals surface area (Å²) < 4.78 is 0. The number of nitrogens with zero attached hydrogens (tertiary/aromatic N) is 2. The molecule has 0 heterocycles. The Hall–Kier alpha value is -0.400. The molecule has 0 bridgehead atoms. The van der Waals surface area contributed by atoms with Gasteiger partial charge in [0.05, 0.1) is 12.1 Å². The van der Waals surface area contributed by atoms with E-state index in [2.05, 4.69) is 37.9 Å². The van der Waals surface area contributed by atoms with E-state index in [1.165, 1.54) is 0 Å². The average Bonchev–Trinajstić information content (AvgIpc) is 1.99. The van der Waals surface area contributed by atoms with Crippen molar-refractivity contribution < 1.29 is 0 Å². The molecule has 2 heteroatoms. The summed E-state index contributed by atoms with van der Waals surface area (Å²) in [6, 6.07) is 0.794. The van der Waals surface area contributed by atoms with Crippen molar-refractivity contribution in [1.29, 1.82) is 0 Å². The summed E-state index contributed by atoms with van der Waals surface area (Å²) >= 11 is 0. The molecule has 0 aromatic rings. The third-order valence-electron chi connectivity index (χ3n) is 1.64. The normalized spacial score (nSPS) is 17.6. The average molecular weight is 142 g/mol. The fraction of sp³-hybridized carbons (Fsp3) is 1.00. The zero-order valence-corrected chi connectivity index (χ0v) is 7.46. The Balaban J connectivity index is 3.52. The maximum Gasteiger partial charge on any atom is 0.0677 e. The van der Waals surface area contributed by atoms with Crippen molar-refractivity contribution in [2.45, 2.75) is 52.6 Å². The molecule has 0 aliphatic carbocycles. The van der Waals surface area contributed by atoms with Crippen molar-refractivity contribution in [2.24, 2.45) is 10.2 Å². The van der Waals surface area contributed by atoms with E-state index >= 15 is 0 Å². The van der Waals surface area contributed by atoms with E-state index in [0.717, 1.165) is 12.8 Å². The van der Waals surface area contributed by atoms with Crippen LogP contribution in [-0.2, 0) is 0 Å². The van der Waals surface area contributed by atoms with Crippen LogP contribution in [0.2, 0.25) is 0 Å². The van der Waals surface area contributed by atoms with Crippen LogP contribution < -0.4 is 0 Å². The Morgan fingerprint density at radius 3 is 1.40 bits per heavy atom. The summed E-state index contributed by atoms with van der Waals surface area (Å²) in [7, 11) is 0. The summed E-state index contributed by atoms with van der Waals surface area (Å²) in [6.45, 7) is 8.43. The molecule has 0 N–H and O–H groups in total. The Labute approximate surface area is 63.7 Å². The van der Waals surface area contributed by atoms with Crippen LogP contribution in [0.5, 0.6) is 0 Å². The smallest absolute Gasteiger partial charge is 0.0677 e. The minimum Gasteiger partial charge on any atom is -0.191 e. The van der Waals surface area contributed by atoms with E-state index in [0.29, 0.717) is 12.1 Å². The fourth-order valence-corrected chi connectivity index (χ4v) is 0.391. The van der Waals surface area contributed by atoms with Gasteiger partial charge in [0.1, 0.15) is 0 Å². The lowest BCUT2D eigenvalue weighted by Crippen LogP contribution is -1.97. The molecule has 2 nitrogen and oxygen atoms in total. The fourth-order valence-electron chi connectivity index (χ4n) is 0.391. The van der Waals surface area contributed by atoms with Gasteiger partial charge in [0, 0.05) is 0 Å². The minimum atomic E-state index is 0.397. The molecule has 2 atom stereocenters. The van der Waals surface area contributed by atoms with Crippen molar-refractivity contribution in [3.8, 4) is 0 Å². The van der Waals surface area contributed by atoms with E-state index < -0.39 is 0 Å². The summed E-state index contributed by atoms with van der Waals surface area (Å²) in [5.41, 5.74) is 0. The van der Waals surface area contributed by atoms with Crippen molar-refractivity contribution in [2.75, 3.05) is 0 Å². The Morgan fingerprint density at radius 1 is 0.900 bits per heavy atom. The highest BCUT2D eigenvalue weighted by Gasteiger charge is 1.95. The van der Waals surface area contributed by atoms with Gasteiger partial charge in [0.25, 0.3) is 0 Å². The topological polar surface area (TPSA) is 24.7 Å². The zero-order chi connectivity index (χ0) is 7.98. The largest absolute Gasteiger partial charge is 0.191 e. The second-order valence-electron chi connectivity index (χ2n) is 2.75. The van der Waals surface area contributed by atoms with Gasteiger partial charge in [-0.1, -0.05) is 13.8 Å². The molecule has 0 aliphatic heterocycles. The zero-order valence-electron chi connectivity index (χ0n) is 7.46. The lowest BCUT2D eigenvalue weighted by Gasteiger charge is -2.01. The monoisotopic (exact) mass is 142 g/mol. The van der Waals surface area contributed by atoms with Gasteiger partial charge in [-0.3, -0.25) is 0 Å². The number of rotatable bonds is 4. The second kappa shape index (κ2) is 5.39. The molecule has 0 saturated carbocycles. The molecule has 0 aliphatic rings. The molecule has 0 aromatic carbocycles. The molecule has 0 fully saturated rings. The van der Waals surface area contributed by atoms with Crippen molar-refractivity contribution in [3.05, 3.63) is 0 Å². The van der Waals surface area contributed by atoms with E-state index in [4.69, 9.17) is 0 Å². The van der Waals surface area contributed by atoms with Crippen LogP contribution in [0.1, 0.15) is 40.5 Å². The molecular formula is C8H18N2. The molecule has 0 saturated heterocycles. The first kappa shape index (κ1) is 9.60. The Bertz CT molecular complexity index is 87.4. The highest BCUT2D eigenvalue weighted by Crippen LogP contribution is 2.00. The number of azo groups is 1. The maximum absolute atomic E-state index is 4.14. The van der Waals surface area contributed by atoms with Gasteiger partial charge in [0.15, 0.2) is 0 Å². The van der Waals surface area contributed by atoms with E-state index in [9.17, 15) is 0 Å². The lowest BCUT2D eigenvalue weighted by molar-refractivity contribution is 0.596. The van der Waals surface area contributed by atoms with Gasteiger partial charge in [-0.05, 0) is 26.7 Å². The van der Waals surface area contributed by atoms with Crippen molar-refractivity contribution in [3.63, 3.8) is 0 Å². The molecule has 10 heavy (non-hydrogen) atoms. The van der Waals surface area contributed by atoms with Crippen LogP contribution in [0.15, 0.2) is 10.2 Å². The van der Waals surface area contributed by atoms with Crippen LogP contribution in [0, 0.1) is 0 Å². The number of hydrogen-bond acceptors (Lipinski definition) is 2. The van der Waals surface area contributed by atoms with Crippen molar-refractivity contribution >= 4 is 0 Å². The Kier molecular flexibility index (Phi) is 5.17. The van der Waals surface area contributed by atoms with Crippen LogP contribution in [0.4, 0.5) is 0 Å². The molecule has 0 radical (unpaired) electrons. The minimum absolute atomic E-state index is 0.397. The van der Waals surface area contributed by atoms with Gasteiger partial charge >= 0.3 is 0 Å². The van der Waals surface area contributed by atoms with Gasteiger partial charge in [-0.25, -0.2) is 0 Å². The molecule has 0 amide bonds. The van der Waals surface area contributed by atoms with Crippen LogP contribution in [0.3, 0.4) is 0 Å². The van der Waals surface area contributed by atoms with Gasteiger partial charge in [-0.15, -0.1) is 0 Å². The highest BCUT2D eigenvalue weighted by molar-refractivity contribution is 4.56. The Morgan fingerprint density at radius 2 is 1.20 bits per heavy atom. The van der Waals surface area contributed by atoms with Gasteiger partial charge in [0.2, 0.25) is 0 Å². The SMILES string of the molecule is CCC(C)N=NC(C)CC. The predicted octanol–water partition coefficient (Wildman–Crippen LogP) is 3.04. The van der Waals surface area contributed by atoms with E-state index in [1.54, 1.807) is 0 Å². The first-order valence-electron chi connectivity index (χ1n) is 4.10. The van der Waals surface area contributed by atoms with Crippen LogP contribution >= 0.6 is 0 Å². The molecular weight excluding hydrogens is 124 g/mol. The molecule has 2 unspecified atom stereocenters. The van der Waals surface area contributed by atoms with E-state index in [-0.39, 0.29) is 0 Å². The molecule has 0 rings (SSSR count). The lowest BCUT2D eigenvalue weighted by atomic mass is 10.3. The summed E-state index contributed by atoms with van der Waals surface area (Å²) in [5.74, 6) is 0. The highest BCUT2D eigenvalue weighted by atomic mass is 15.1. The molecule has 0 spiro atoms. The predicted molar refractivity (Wildman–Crippen MR) is 44.4 cm³/mol. The van der Waals surface area contributed by atoms with E-state index in [1.807, 2.05) is 0 Å². The maximum atomic E-state index is 4.14. The first-order chi connectivity index (χ1) is 4.70. The quantitative estimate of drug-likeness (QED) is 0.539. The van der Waals surface area contributed by atoms with Gasteiger partial charge < -0.3 is 0 Å². The first-order valence-corrected chi connectivity index (χ1v) is 4.10. The van der Waals surface area contributed by atoms with Crippen molar-refractivity contribution in [1.82, 2.24) is 0 Å². The van der Waals surface area contributed by atoms with Crippen LogP contribution in [0.25, 0.3) is 0 Å². The third kappa shape index (κ3) is 4.48. The molecule has 60 valence electrons. The second-order valence-corrected chi connectivity index (χ2v) is 2.75. The van der Waals surface area contributed by atoms with Gasteiger partial charge in [-0.2, -0.15) is 10.2 Å². The summed E-state index contributed by atoms with van der Waals surface area (Å²) in [6.07, 6.45) is 2.17.